The molecular weight excluding hydrogens is 283 g/mol. The van der Waals surface area contributed by atoms with Gasteiger partial charge < -0.3 is 5.73 Å². The number of alkyl halides is 3. The normalized spacial score (nSPS) is 13.3. The molecule has 0 aliphatic carbocycles. The molecule has 0 amide bonds. The van der Waals surface area contributed by atoms with E-state index in [-0.39, 0.29) is 35.1 Å². The largest absolute Gasteiger partial charge is 0.446 e. The zero-order chi connectivity index (χ0) is 13.1. The molecule has 18 heavy (non-hydrogen) atoms. The van der Waals surface area contributed by atoms with E-state index in [1.54, 1.807) is 18.2 Å². The van der Waals surface area contributed by atoms with Crippen molar-refractivity contribution in [3.63, 3.8) is 0 Å². The maximum absolute atomic E-state index is 12.4. The molecule has 1 nitrogen and oxygen atoms in total. The maximum Gasteiger partial charge on any atom is 0.446 e. The first-order valence-electron chi connectivity index (χ1n) is 5.40. The van der Waals surface area contributed by atoms with E-state index in [4.69, 9.17) is 5.73 Å². The summed E-state index contributed by atoms with van der Waals surface area (Å²) in [6.07, 6.45) is 0.676. The number of hydrogen-bond acceptors (Lipinski definition) is 2. The van der Waals surface area contributed by atoms with Gasteiger partial charge in [-0.25, -0.2) is 0 Å². The summed E-state index contributed by atoms with van der Waals surface area (Å²) in [5.74, 6) is 0.356. The molecule has 0 bridgehead atoms. The topological polar surface area (TPSA) is 26.0 Å². The summed E-state index contributed by atoms with van der Waals surface area (Å²) < 4.78 is 37.1. The van der Waals surface area contributed by atoms with Gasteiger partial charge in [-0.15, -0.1) is 12.4 Å². The minimum absolute atomic E-state index is 0. The monoisotopic (exact) mass is 299 g/mol. The highest BCUT2D eigenvalue weighted by Crippen LogP contribution is 2.40. The highest BCUT2D eigenvalue weighted by atomic mass is 35.5. The molecule has 104 valence electrons. The van der Waals surface area contributed by atoms with Crippen LogP contribution in [0, 0.1) is 5.92 Å². The third-order valence-corrected chi connectivity index (χ3v) is 3.09. The molecule has 0 fully saturated rings. The first kappa shape index (κ1) is 17.6. The van der Waals surface area contributed by atoms with Gasteiger partial charge in [0.15, 0.2) is 0 Å². The van der Waals surface area contributed by atoms with Gasteiger partial charge in [0.25, 0.3) is 0 Å². The summed E-state index contributed by atoms with van der Waals surface area (Å²) >= 11 is -0.0972. The van der Waals surface area contributed by atoms with Crippen LogP contribution in [-0.2, 0) is 0 Å². The number of benzene rings is 1. The van der Waals surface area contributed by atoms with Crippen LogP contribution < -0.4 is 5.73 Å². The van der Waals surface area contributed by atoms with Gasteiger partial charge in [0.05, 0.1) is 0 Å². The molecule has 0 aliphatic heterocycles. The number of thioether (sulfide) groups is 1. The van der Waals surface area contributed by atoms with E-state index in [1.807, 2.05) is 13.8 Å². The van der Waals surface area contributed by atoms with Crippen molar-refractivity contribution in [2.75, 3.05) is 0 Å². The summed E-state index contributed by atoms with van der Waals surface area (Å²) in [6, 6.07) is 6.10. The van der Waals surface area contributed by atoms with Crippen LogP contribution in [-0.4, -0.2) is 5.51 Å². The molecule has 1 aromatic rings. The summed E-state index contributed by atoms with van der Waals surface area (Å²) in [7, 11) is 0. The van der Waals surface area contributed by atoms with Crippen molar-refractivity contribution in [3.8, 4) is 0 Å². The fourth-order valence-electron chi connectivity index (χ4n) is 1.64. The first-order valence-corrected chi connectivity index (χ1v) is 6.21. The molecule has 1 rings (SSSR count). The zero-order valence-electron chi connectivity index (χ0n) is 10.2. The lowest BCUT2D eigenvalue weighted by atomic mass is 9.98. The average molecular weight is 300 g/mol. The minimum atomic E-state index is -4.27. The van der Waals surface area contributed by atoms with Gasteiger partial charge in [-0.05, 0) is 35.7 Å². The second-order valence-electron chi connectivity index (χ2n) is 4.32. The van der Waals surface area contributed by atoms with E-state index in [0.29, 0.717) is 17.9 Å². The van der Waals surface area contributed by atoms with Gasteiger partial charge in [-0.1, -0.05) is 32.0 Å². The highest BCUT2D eigenvalue weighted by molar-refractivity contribution is 8.00. The predicted octanol–water partition coefficient (Wildman–Crippen LogP) is 4.77. The van der Waals surface area contributed by atoms with Crippen LogP contribution in [0.5, 0.6) is 0 Å². The zero-order valence-corrected chi connectivity index (χ0v) is 11.8. The van der Waals surface area contributed by atoms with Crippen LogP contribution in [0.15, 0.2) is 29.2 Å². The Morgan fingerprint density at radius 2 is 1.78 bits per heavy atom. The van der Waals surface area contributed by atoms with Crippen molar-refractivity contribution < 1.29 is 13.2 Å². The molecule has 1 atom stereocenters. The molecule has 0 saturated heterocycles. The van der Waals surface area contributed by atoms with Crippen LogP contribution in [0.1, 0.15) is 31.9 Å². The molecule has 0 saturated carbocycles. The molecule has 0 spiro atoms. The summed E-state index contributed by atoms with van der Waals surface area (Å²) in [5, 5.41) is 0. The number of rotatable bonds is 4. The van der Waals surface area contributed by atoms with E-state index in [1.165, 1.54) is 6.07 Å². The lowest BCUT2D eigenvalue weighted by molar-refractivity contribution is -0.0328. The van der Waals surface area contributed by atoms with Gasteiger partial charge >= 0.3 is 5.51 Å². The number of nitrogens with two attached hydrogens (primary N) is 1. The molecule has 0 aromatic heterocycles. The first-order chi connectivity index (χ1) is 7.79. The second-order valence-corrected chi connectivity index (χ2v) is 5.43. The van der Waals surface area contributed by atoms with Gasteiger partial charge in [-0.2, -0.15) is 13.2 Å². The second kappa shape index (κ2) is 7.26. The van der Waals surface area contributed by atoms with Crippen molar-refractivity contribution in [3.05, 3.63) is 29.8 Å². The van der Waals surface area contributed by atoms with Crippen LogP contribution in [0.4, 0.5) is 13.2 Å². The van der Waals surface area contributed by atoms with Crippen molar-refractivity contribution in [1.82, 2.24) is 0 Å². The summed E-state index contributed by atoms with van der Waals surface area (Å²) in [6.45, 7) is 4.00. The molecule has 2 N–H and O–H groups in total. The van der Waals surface area contributed by atoms with Crippen molar-refractivity contribution >= 4 is 24.2 Å². The third-order valence-electron chi connectivity index (χ3n) is 2.27. The van der Waals surface area contributed by atoms with E-state index in [0.717, 1.165) is 0 Å². The Balaban J connectivity index is 0.00000289. The molecule has 0 unspecified atom stereocenters. The molecule has 6 heteroatoms. The van der Waals surface area contributed by atoms with E-state index in [9.17, 15) is 13.2 Å². The van der Waals surface area contributed by atoms with Gasteiger partial charge in [0, 0.05) is 10.9 Å². The molecule has 0 heterocycles. The smallest absolute Gasteiger partial charge is 0.324 e. The Kier molecular flexibility index (Phi) is 7.10. The Bertz CT molecular complexity index is 369. The van der Waals surface area contributed by atoms with Crippen LogP contribution >= 0.6 is 24.2 Å². The average Bonchev–Trinajstić information content (AvgIpc) is 2.14. The highest BCUT2D eigenvalue weighted by Gasteiger charge is 2.30. The Morgan fingerprint density at radius 3 is 2.28 bits per heavy atom. The van der Waals surface area contributed by atoms with Crippen LogP contribution in [0.2, 0.25) is 0 Å². The molecule has 0 radical (unpaired) electrons. The SMILES string of the molecule is CC(C)C[C@H](N)c1ccccc1SC(F)(F)F.Cl. The van der Waals surface area contributed by atoms with E-state index in [2.05, 4.69) is 0 Å². The van der Waals surface area contributed by atoms with Gasteiger partial charge in [0.2, 0.25) is 0 Å². The van der Waals surface area contributed by atoms with Crippen LogP contribution in [0.25, 0.3) is 0 Å². The third kappa shape index (κ3) is 5.98. The fraction of sp³-hybridized carbons (Fsp3) is 0.500. The Labute approximate surface area is 116 Å². The molecule has 0 aliphatic rings. The molecule has 1 aromatic carbocycles. The quantitative estimate of drug-likeness (QED) is 0.811. The number of hydrogen-bond donors (Lipinski definition) is 1. The molecular formula is C12H17ClF3NS. The van der Waals surface area contributed by atoms with Crippen LogP contribution in [0.3, 0.4) is 0 Å². The lowest BCUT2D eigenvalue weighted by Crippen LogP contribution is -2.14. The van der Waals surface area contributed by atoms with E-state index < -0.39 is 5.51 Å². The standard InChI is InChI=1S/C12H16F3NS.ClH/c1-8(2)7-10(16)9-5-3-4-6-11(9)17-12(13,14)15;/h3-6,8,10H,7,16H2,1-2H3;1H/t10-;/m0./s1. The lowest BCUT2D eigenvalue weighted by Gasteiger charge is -2.18. The Morgan fingerprint density at radius 1 is 1.22 bits per heavy atom. The van der Waals surface area contributed by atoms with Gasteiger partial charge in [0.1, 0.15) is 0 Å². The fourth-order valence-corrected chi connectivity index (χ4v) is 2.37. The summed E-state index contributed by atoms with van der Waals surface area (Å²) in [4.78, 5) is 0.202. The Hall–Kier alpha value is -0.390. The predicted molar refractivity (Wildman–Crippen MR) is 72.0 cm³/mol. The van der Waals surface area contributed by atoms with Crippen molar-refractivity contribution in [2.24, 2.45) is 11.7 Å². The number of halogens is 4. The summed E-state index contributed by atoms with van der Waals surface area (Å²) in [5.41, 5.74) is 2.24. The van der Waals surface area contributed by atoms with Crippen molar-refractivity contribution in [2.45, 2.75) is 36.7 Å². The van der Waals surface area contributed by atoms with Crippen molar-refractivity contribution in [1.29, 1.82) is 0 Å². The van der Waals surface area contributed by atoms with Gasteiger partial charge in [-0.3, -0.25) is 0 Å². The maximum atomic E-state index is 12.4. The minimum Gasteiger partial charge on any atom is -0.324 e. The van der Waals surface area contributed by atoms with E-state index >= 15 is 0 Å².